The molecule has 120 valence electrons. The number of nitrogens with zero attached hydrogens (tertiary/aromatic N) is 2. The van der Waals surface area contributed by atoms with Gasteiger partial charge in [0.25, 0.3) is 5.56 Å². The molecule has 4 rings (SSSR count). The average molecular weight is 335 g/mol. The van der Waals surface area contributed by atoms with E-state index in [1.54, 1.807) is 13.1 Å². The maximum absolute atomic E-state index is 12.7. The second-order valence-electron chi connectivity index (χ2n) is 5.97. The van der Waals surface area contributed by atoms with E-state index in [1.165, 1.54) is 11.6 Å². The highest BCUT2D eigenvalue weighted by Gasteiger charge is 2.41. The fourth-order valence-electron chi connectivity index (χ4n) is 3.45. The van der Waals surface area contributed by atoms with E-state index in [1.807, 2.05) is 12.1 Å². The van der Waals surface area contributed by atoms with E-state index in [0.29, 0.717) is 29.7 Å². The van der Waals surface area contributed by atoms with E-state index in [2.05, 4.69) is 0 Å². The number of rotatable bonds is 0. The van der Waals surface area contributed by atoms with E-state index in [4.69, 9.17) is 21.1 Å². The molecule has 1 aromatic carbocycles. The lowest BCUT2D eigenvalue weighted by Gasteiger charge is -2.38. The summed E-state index contributed by atoms with van der Waals surface area (Å²) in [6.45, 7) is 0.856. The van der Waals surface area contributed by atoms with Gasteiger partial charge < -0.3 is 9.47 Å². The number of halogens is 1. The Labute approximate surface area is 136 Å². The van der Waals surface area contributed by atoms with Gasteiger partial charge in [-0.05, 0) is 18.2 Å². The zero-order valence-electron chi connectivity index (χ0n) is 12.7. The van der Waals surface area contributed by atoms with Gasteiger partial charge in [0.2, 0.25) is 5.88 Å². The van der Waals surface area contributed by atoms with Crippen molar-refractivity contribution in [2.45, 2.75) is 5.92 Å². The Morgan fingerprint density at radius 3 is 2.65 bits per heavy atom. The molecular weight excluding hydrogens is 320 g/mol. The highest BCUT2D eigenvalue weighted by atomic mass is 35.5. The van der Waals surface area contributed by atoms with Crippen LogP contribution in [-0.2, 0) is 14.1 Å². The number of aromatic nitrogens is 2. The third-order valence-electron chi connectivity index (χ3n) is 4.62. The molecule has 0 aliphatic carbocycles. The second-order valence-corrected chi connectivity index (χ2v) is 6.40. The highest BCUT2D eigenvalue weighted by Crippen LogP contribution is 2.46. The van der Waals surface area contributed by atoms with Crippen LogP contribution in [0.25, 0.3) is 0 Å². The monoisotopic (exact) mass is 334 g/mol. The van der Waals surface area contributed by atoms with E-state index in [9.17, 15) is 9.59 Å². The van der Waals surface area contributed by atoms with Crippen LogP contribution >= 0.6 is 11.6 Å². The zero-order chi connectivity index (χ0) is 16.3. The first-order valence-corrected chi connectivity index (χ1v) is 7.71. The third-order valence-corrected chi connectivity index (χ3v) is 4.86. The van der Waals surface area contributed by atoms with Crippen molar-refractivity contribution in [2.75, 3.05) is 13.2 Å². The van der Waals surface area contributed by atoms with Crippen molar-refractivity contribution < 1.29 is 9.47 Å². The number of hydrogen-bond acceptors (Lipinski definition) is 4. The molecule has 0 fully saturated rings. The molecule has 0 spiro atoms. The van der Waals surface area contributed by atoms with Crippen molar-refractivity contribution in [2.24, 2.45) is 20.0 Å². The van der Waals surface area contributed by atoms with E-state index < -0.39 is 5.69 Å². The Kier molecular flexibility index (Phi) is 3.06. The molecule has 0 amide bonds. The van der Waals surface area contributed by atoms with Gasteiger partial charge in [-0.25, -0.2) is 4.79 Å². The Bertz CT molecular complexity index is 931. The molecular formula is C16H15ClN2O4. The van der Waals surface area contributed by atoms with Gasteiger partial charge in [0.15, 0.2) is 0 Å². The molecule has 0 saturated carbocycles. The Balaban J connectivity index is 2.05. The van der Waals surface area contributed by atoms with E-state index >= 15 is 0 Å². The van der Waals surface area contributed by atoms with Crippen LogP contribution in [0, 0.1) is 5.92 Å². The largest absolute Gasteiger partial charge is 0.493 e. The highest BCUT2D eigenvalue weighted by molar-refractivity contribution is 6.30. The Morgan fingerprint density at radius 1 is 1.13 bits per heavy atom. The van der Waals surface area contributed by atoms with Crippen molar-refractivity contribution in [1.82, 2.24) is 9.13 Å². The second kappa shape index (κ2) is 4.89. The summed E-state index contributed by atoms with van der Waals surface area (Å²) < 4.78 is 14.0. The van der Waals surface area contributed by atoms with Gasteiger partial charge in [-0.2, -0.15) is 0 Å². The van der Waals surface area contributed by atoms with Gasteiger partial charge in [-0.3, -0.25) is 13.9 Å². The number of fused-ring (bicyclic) bond motifs is 5. The first-order valence-electron chi connectivity index (χ1n) is 7.34. The van der Waals surface area contributed by atoms with Gasteiger partial charge >= 0.3 is 5.69 Å². The van der Waals surface area contributed by atoms with Crippen molar-refractivity contribution in [3.63, 3.8) is 0 Å². The molecule has 0 unspecified atom stereocenters. The summed E-state index contributed by atoms with van der Waals surface area (Å²) >= 11 is 6.14. The van der Waals surface area contributed by atoms with Crippen LogP contribution in [0.5, 0.6) is 11.6 Å². The first-order chi connectivity index (χ1) is 11.0. The van der Waals surface area contributed by atoms with E-state index in [-0.39, 0.29) is 17.4 Å². The van der Waals surface area contributed by atoms with Crippen molar-refractivity contribution in [3.05, 3.63) is 55.2 Å². The SMILES string of the molecule is Cn1c2c(c(=O)n(C)c1=O)[C@@H]1c3cc(Cl)ccc3OC[C@H]1CO2. The lowest BCUT2D eigenvalue weighted by Crippen LogP contribution is -2.46. The molecule has 2 atom stereocenters. The summed E-state index contributed by atoms with van der Waals surface area (Å²) in [5.74, 6) is 0.886. The van der Waals surface area contributed by atoms with Crippen molar-refractivity contribution in [3.8, 4) is 11.6 Å². The maximum Gasteiger partial charge on any atom is 0.333 e. The van der Waals surface area contributed by atoms with Gasteiger partial charge in [0.05, 0.1) is 18.8 Å². The normalized spacial score (nSPS) is 21.5. The van der Waals surface area contributed by atoms with Gasteiger partial charge in [-0.15, -0.1) is 0 Å². The van der Waals surface area contributed by atoms with Crippen molar-refractivity contribution in [1.29, 1.82) is 0 Å². The minimum atomic E-state index is -0.398. The predicted molar refractivity (Wildman–Crippen MR) is 84.7 cm³/mol. The van der Waals surface area contributed by atoms with Crippen LogP contribution < -0.4 is 20.7 Å². The molecule has 0 bridgehead atoms. The molecule has 23 heavy (non-hydrogen) atoms. The van der Waals surface area contributed by atoms with Gasteiger partial charge in [0.1, 0.15) is 5.75 Å². The number of hydrogen-bond donors (Lipinski definition) is 0. The standard InChI is InChI=1S/C16H15ClN2O4/c1-18-14(20)13-12-8(7-23-15(13)19(2)16(18)21)6-22-11-4-3-9(17)5-10(11)12/h3-5,8,12H,6-7H2,1-2H3/t8-,12-/m0/s1. The lowest BCUT2D eigenvalue weighted by molar-refractivity contribution is 0.116. The molecule has 3 heterocycles. The molecule has 7 heteroatoms. The molecule has 0 saturated heterocycles. The quantitative estimate of drug-likeness (QED) is 0.728. The summed E-state index contributed by atoms with van der Waals surface area (Å²) in [7, 11) is 3.09. The average Bonchev–Trinajstić information content (AvgIpc) is 2.56. The Hall–Kier alpha value is -2.21. The topological polar surface area (TPSA) is 62.5 Å². The molecule has 0 N–H and O–H groups in total. The molecule has 2 aliphatic heterocycles. The number of benzene rings is 1. The summed E-state index contributed by atoms with van der Waals surface area (Å²) in [6.07, 6.45) is 0. The molecule has 2 aromatic rings. The molecule has 6 nitrogen and oxygen atoms in total. The third kappa shape index (κ3) is 1.94. The van der Waals surface area contributed by atoms with Crippen LogP contribution in [0.4, 0.5) is 0 Å². The molecule has 0 radical (unpaired) electrons. The summed E-state index contributed by atoms with van der Waals surface area (Å²) in [5, 5.41) is 0.586. The Morgan fingerprint density at radius 2 is 1.87 bits per heavy atom. The zero-order valence-corrected chi connectivity index (χ0v) is 13.5. The van der Waals surface area contributed by atoms with Crippen LogP contribution in [0.15, 0.2) is 27.8 Å². The summed E-state index contributed by atoms with van der Waals surface area (Å²) in [4.78, 5) is 24.9. The predicted octanol–water partition coefficient (Wildman–Crippen LogP) is 1.27. The van der Waals surface area contributed by atoms with Crippen LogP contribution in [0.2, 0.25) is 5.02 Å². The molecule has 2 aliphatic rings. The van der Waals surface area contributed by atoms with Crippen LogP contribution in [-0.4, -0.2) is 22.3 Å². The minimum Gasteiger partial charge on any atom is -0.493 e. The smallest absolute Gasteiger partial charge is 0.333 e. The van der Waals surface area contributed by atoms with Crippen LogP contribution in [0.1, 0.15) is 17.0 Å². The fraction of sp³-hybridized carbons (Fsp3) is 0.375. The van der Waals surface area contributed by atoms with Gasteiger partial charge in [0, 0.05) is 36.5 Å². The van der Waals surface area contributed by atoms with Gasteiger partial charge in [-0.1, -0.05) is 11.6 Å². The maximum atomic E-state index is 12.7. The van der Waals surface area contributed by atoms with Crippen LogP contribution in [0.3, 0.4) is 0 Å². The first kappa shape index (κ1) is 14.4. The van der Waals surface area contributed by atoms with E-state index in [0.717, 1.165) is 15.9 Å². The summed E-state index contributed by atoms with van der Waals surface area (Å²) in [5.41, 5.74) is 0.642. The minimum absolute atomic E-state index is 0.0127. The lowest BCUT2D eigenvalue weighted by atomic mass is 9.79. The number of ether oxygens (including phenoxy) is 2. The summed E-state index contributed by atoms with van der Waals surface area (Å²) in [6, 6.07) is 5.41. The fourth-order valence-corrected chi connectivity index (χ4v) is 3.64. The molecule has 1 aromatic heterocycles. The van der Waals surface area contributed by atoms with Crippen molar-refractivity contribution >= 4 is 11.6 Å².